The molecular formula is C18H16N2O2S. The van der Waals surface area contributed by atoms with Gasteiger partial charge in [-0.25, -0.2) is 8.42 Å². The maximum atomic E-state index is 12.7. The van der Waals surface area contributed by atoms with Crippen LogP contribution in [0.3, 0.4) is 0 Å². The summed E-state index contributed by atoms with van der Waals surface area (Å²) >= 11 is 0. The minimum Gasteiger partial charge on any atom is -0.259 e. The van der Waals surface area contributed by atoms with Gasteiger partial charge in [0.1, 0.15) is 0 Å². The van der Waals surface area contributed by atoms with Crippen LogP contribution in [0.2, 0.25) is 0 Å². The van der Waals surface area contributed by atoms with E-state index in [0.29, 0.717) is 5.69 Å². The molecule has 0 bridgehead atoms. The Hall–Kier alpha value is -2.50. The molecule has 1 heterocycles. The molecule has 2 aromatic carbocycles. The number of sulfonamides is 1. The van der Waals surface area contributed by atoms with Gasteiger partial charge in [-0.05, 0) is 29.8 Å². The Balaban J connectivity index is 2.00. The molecule has 0 aliphatic carbocycles. The van der Waals surface area contributed by atoms with Crippen LogP contribution in [0, 0.1) is 0 Å². The van der Waals surface area contributed by atoms with Gasteiger partial charge in [0.2, 0.25) is 10.0 Å². The Morgan fingerprint density at radius 2 is 1.39 bits per heavy atom. The van der Waals surface area contributed by atoms with E-state index in [2.05, 4.69) is 9.71 Å². The predicted octanol–water partition coefficient (Wildman–Crippen LogP) is 3.15. The van der Waals surface area contributed by atoms with Gasteiger partial charge >= 0.3 is 0 Å². The zero-order chi connectivity index (χ0) is 16.1. The molecule has 1 unspecified atom stereocenters. The largest absolute Gasteiger partial charge is 0.259 e. The number of hydrogen-bond acceptors (Lipinski definition) is 3. The average molecular weight is 324 g/mol. The number of nitrogens with one attached hydrogen (secondary N) is 1. The van der Waals surface area contributed by atoms with Gasteiger partial charge in [0.25, 0.3) is 0 Å². The maximum absolute atomic E-state index is 12.7. The van der Waals surface area contributed by atoms with Crippen LogP contribution < -0.4 is 4.72 Å². The fourth-order valence-electron chi connectivity index (χ4n) is 2.31. The van der Waals surface area contributed by atoms with Gasteiger partial charge in [0, 0.05) is 6.20 Å². The van der Waals surface area contributed by atoms with Crippen molar-refractivity contribution in [3.63, 3.8) is 0 Å². The third kappa shape index (κ3) is 3.64. The molecule has 116 valence electrons. The van der Waals surface area contributed by atoms with Crippen molar-refractivity contribution >= 4 is 10.0 Å². The lowest BCUT2D eigenvalue weighted by Gasteiger charge is -2.19. The van der Waals surface area contributed by atoms with Crippen molar-refractivity contribution in [2.75, 3.05) is 0 Å². The van der Waals surface area contributed by atoms with Gasteiger partial charge in [0.15, 0.2) is 0 Å². The first-order valence-corrected chi connectivity index (χ1v) is 8.68. The molecule has 4 nitrogen and oxygen atoms in total. The predicted molar refractivity (Wildman–Crippen MR) is 89.3 cm³/mol. The smallest absolute Gasteiger partial charge is 0.241 e. The molecule has 3 rings (SSSR count). The first-order chi connectivity index (χ1) is 11.2. The first kappa shape index (κ1) is 15.4. The van der Waals surface area contributed by atoms with E-state index in [1.807, 2.05) is 42.5 Å². The summed E-state index contributed by atoms with van der Waals surface area (Å²) in [6, 6.07) is 22.7. The van der Waals surface area contributed by atoms with Crippen LogP contribution in [0.15, 0.2) is 90.0 Å². The summed E-state index contributed by atoms with van der Waals surface area (Å²) in [6.45, 7) is 0. The van der Waals surface area contributed by atoms with Crippen molar-refractivity contribution in [1.29, 1.82) is 0 Å². The second-order valence-corrected chi connectivity index (χ2v) is 6.75. The zero-order valence-corrected chi connectivity index (χ0v) is 13.1. The van der Waals surface area contributed by atoms with Crippen molar-refractivity contribution in [3.8, 4) is 0 Å². The van der Waals surface area contributed by atoms with Gasteiger partial charge in [-0.2, -0.15) is 4.72 Å². The van der Waals surface area contributed by atoms with Crippen LogP contribution in [0.5, 0.6) is 0 Å². The van der Waals surface area contributed by atoms with E-state index < -0.39 is 16.1 Å². The van der Waals surface area contributed by atoms with Crippen LogP contribution >= 0.6 is 0 Å². The highest BCUT2D eigenvalue weighted by atomic mass is 32.2. The minimum absolute atomic E-state index is 0.233. The number of benzene rings is 2. The molecule has 1 atom stereocenters. The molecular weight excluding hydrogens is 308 g/mol. The highest BCUT2D eigenvalue weighted by molar-refractivity contribution is 7.89. The first-order valence-electron chi connectivity index (χ1n) is 7.20. The van der Waals surface area contributed by atoms with Crippen molar-refractivity contribution in [3.05, 3.63) is 96.3 Å². The number of pyridine rings is 1. The standard InChI is InChI=1S/C18H16N2O2S/c21-23(22,16-11-5-2-6-12-16)20-18(15-9-3-1-4-10-15)17-13-7-8-14-19-17/h1-14,18,20H. The third-order valence-corrected chi connectivity index (χ3v) is 4.88. The van der Waals surface area contributed by atoms with E-state index in [1.165, 1.54) is 0 Å². The summed E-state index contributed by atoms with van der Waals surface area (Å²) in [5, 5.41) is 0. The summed E-state index contributed by atoms with van der Waals surface area (Å²) in [5.74, 6) is 0. The van der Waals surface area contributed by atoms with E-state index in [4.69, 9.17) is 0 Å². The fourth-order valence-corrected chi connectivity index (χ4v) is 3.53. The topological polar surface area (TPSA) is 59.1 Å². The molecule has 5 heteroatoms. The van der Waals surface area contributed by atoms with Gasteiger partial charge in [-0.15, -0.1) is 0 Å². The van der Waals surface area contributed by atoms with Gasteiger partial charge in [-0.3, -0.25) is 4.98 Å². The quantitative estimate of drug-likeness (QED) is 0.784. The molecule has 0 radical (unpaired) electrons. The number of aromatic nitrogens is 1. The summed E-state index contributed by atoms with van der Waals surface area (Å²) in [6.07, 6.45) is 1.65. The van der Waals surface area contributed by atoms with Crippen molar-refractivity contribution < 1.29 is 8.42 Å². The zero-order valence-electron chi connectivity index (χ0n) is 12.3. The molecule has 1 N–H and O–H groups in total. The fraction of sp³-hybridized carbons (Fsp3) is 0.0556. The van der Waals surface area contributed by atoms with E-state index >= 15 is 0 Å². The monoisotopic (exact) mass is 324 g/mol. The Morgan fingerprint density at radius 1 is 0.783 bits per heavy atom. The highest BCUT2D eigenvalue weighted by Gasteiger charge is 2.23. The van der Waals surface area contributed by atoms with Crippen LogP contribution in [0.1, 0.15) is 17.3 Å². The second kappa shape index (κ2) is 6.73. The molecule has 0 saturated carbocycles. The van der Waals surface area contributed by atoms with Crippen LogP contribution in [-0.4, -0.2) is 13.4 Å². The summed E-state index contributed by atoms with van der Waals surface area (Å²) in [5.41, 5.74) is 1.49. The summed E-state index contributed by atoms with van der Waals surface area (Å²) in [4.78, 5) is 4.54. The maximum Gasteiger partial charge on any atom is 0.241 e. The molecule has 0 saturated heterocycles. The Kier molecular flexibility index (Phi) is 4.50. The Labute approximate surface area is 135 Å². The molecule has 0 spiro atoms. The van der Waals surface area contributed by atoms with E-state index in [-0.39, 0.29) is 4.90 Å². The molecule has 23 heavy (non-hydrogen) atoms. The molecule has 3 aromatic rings. The van der Waals surface area contributed by atoms with Gasteiger partial charge in [-0.1, -0.05) is 54.6 Å². The van der Waals surface area contributed by atoms with Crippen LogP contribution in [-0.2, 0) is 10.0 Å². The Bertz CT molecular complexity index is 812. The third-order valence-electron chi connectivity index (χ3n) is 3.44. The number of rotatable bonds is 5. The van der Waals surface area contributed by atoms with E-state index in [1.54, 1.807) is 42.6 Å². The van der Waals surface area contributed by atoms with Crippen molar-refractivity contribution in [1.82, 2.24) is 9.71 Å². The lowest BCUT2D eigenvalue weighted by Crippen LogP contribution is -2.30. The number of nitrogens with zero attached hydrogens (tertiary/aromatic N) is 1. The lowest BCUT2D eigenvalue weighted by atomic mass is 10.0. The lowest BCUT2D eigenvalue weighted by molar-refractivity contribution is 0.570. The average Bonchev–Trinajstić information content (AvgIpc) is 2.62. The Morgan fingerprint density at radius 3 is 2.00 bits per heavy atom. The van der Waals surface area contributed by atoms with E-state index in [9.17, 15) is 8.42 Å². The van der Waals surface area contributed by atoms with Crippen molar-refractivity contribution in [2.24, 2.45) is 0 Å². The summed E-state index contributed by atoms with van der Waals surface area (Å²) < 4.78 is 28.1. The molecule has 0 aliphatic heterocycles. The van der Waals surface area contributed by atoms with E-state index in [0.717, 1.165) is 5.56 Å². The van der Waals surface area contributed by atoms with Crippen LogP contribution in [0.4, 0.5) is 0 Å². The molecule has 0 aliphatic rings. The second-order valence-electron chi connectivity index (χ2n) is 5.03. The number of hydrogen-bond donors (Lipinski definition) is 1. The molecule has 0 fully saturated rings. The SMILES string of the molecule is O=S(=O)(NC(c1ccccc1)c1ccccn1)c1ccccc1. The molecule has 0 amide bonds. The molecule has 1 aromatic heterocycles. The summed E-state index contributed by atoms with van der Waals surface area (Å²) in [7, 11) is -3.65. The minimum atomic E-state index is -3.65. The highest BCUT2D eigenvalue weighted by Crippen LogP contribution is 2.22. The normalized spacial score (nSPS) is 12.7. The van der Waals surface area contributed by atoms with Gasteiger partial charge in [0.05, 0.1) is 16.6 Å². The van der Waals surface area contributed by atoms with Crippen LogP contribution in [0.25, 0.3) is 0 Å². The van der Waals surface area contributed by atoms with Gasteiger partial charge < -0.3 is 0 Å². The van der Waals surface area contributed by atoms with Crippen molar-refractivity contribution in [2.45, 2.75) is 10.9 Å².